The summed E-state index contributed by atoms with van der Waals surface area (Å²) in [5, 5.41) is 9.29. The van der Waals surface area contributed by atoms with Gasteiger partial charge in [-0.15, -0.1) is 0 Å². The summed E-state index contributed by atoms with van der Waals surface area (Å²) < 4.78 is 65.4. The van der Waals surface area contributed by atoms with Crippen molar-refractivity contribution in [2.45, 2.75) is 19.1 Å². The molecule has 0 aliphatic heterocycles. The molecule has 4 nitrogen and oxygen atoms in total. The quantitative estimate of drug-likeness (QED) is 0.510. The van der Waals surface area contributed by atoms with E-state index in [0.29, 0.717) is 0 Å². The molecule has 0 amide bonds. The topological polar surface area (TPSA) is 66.4 Å². The van der Waals surface area contributed by atoms with Crippen LogP contribution in [0.15, 0.2) is 24.3 Å². The van der Waals surface area contributed by atoms with Gasteiger partial charge in [-0.1, -0.05) is 12.1 Å². The fourth-order valence-electron chi connectivity index (χ4n) is 0.957. The molecule has 0 saturated heterocycles. The van der Waals surface area contributed by atoms with Gasteiger partial charge in [-0.2, -0.15) is 13.2 Å². The van der Waals surface area contributed by atoms with Crippen molar-refractivity contribution >= 4 is 11.8 Å². The number of carboxylic acids is 1. The Hall–Kier alpha value is -1.96. The second-order valence-corrected chi connectivity index (χ2v) is 3.54. The molecule has 0 heterocycles. The number of halogens is 4. The number of nitrogens with one attached hydrogen (secondary N) is 1. The number of likely N-dealkylation sites (N-methyl/N-ethyl adjacent to an activating group) is 1. The highest BCUT2D eigenvalue weighted by molar-refractivity contribution is 5.99. The molecule has 0 saturated carbocycles. The maximum atomic E-state index is 12.8. The summed E-state index contributed by atoms with van der Waals surface area (Å²) in [6.07, 6.45) is -5.08. The Labute approximate surface area is 116 Å². The molecule has 0 aliphatic carbocycles. The van der Waals surface area contributed by atoms with Crippen molar-refractivity contribution in [1.29, 1.82) is 0 Å². The smallest absolute Gasteiger partial charge is 0.475 e. The second kappa shape index (κ2) is 7.59. The Balaban J connectivity index is 0.000000585. The van der Waals surface area contributed by atoms with E-state index < -0.39 is 36.8 Å². The number of Topliss-reactive ketones (excluding diaryl/α,β-unsaturated/α-hetero) is 1. The summed E-state index contributed by atoms with van der Waals surface area (Å²) in [5.74, 6) is -3.73. The molecule has 8 heteroatoms. The molecule has 1 aromatic rings. The van der Waals surface area contributed by atoms with E-state index in [1.165, 1.54) is 25.1 Å². The molecular formula is C12H13F4NO3. The summed E-state index contributed by atoms with van der Waals surface area (Å²) in [6.45, 7) is -0.956. The van der Waals surface area contributed by atoms with E-state index in [-0.39, 0.29) is 5.56 Å². The monoisotopic (exact) mass is 299 g/mol. The SMILES string of the molecule is O=C(O)C(F)(F)F.[2H][13C]([2H])([2H])NC(C)C(=O)c1cccc(F)c1. The molecule has 2 N–H and O–H groups in total. The lowest BCUT2D eigenvalue weighted by Gasteiger charge is -2.08. The van der Waals surface area contributed by atoms with Gasteiger partial charge in [0.2, 0.25) is 0 Å². The van der Waals surface area contributed by atoms with Crippen molar-refractivity contribution < 1.29 is 36.4 Å². The van der Waals surface area contributed by atoms with E-state index in [0.717, 1.165) is 6.07 Å². The van der Waals surface area contributed by atoms with Crippen LogP contribution >= 0.6 is 0 Å². The van der Waals surface area contributed by atoms with E-state index >= 15 is 0 Å². The Bertz CT molecular complexity index is 561. The van der Waals surface area contributed by atoms with Crippen LogP contribution in [0.1, 0.15) is 21.4 Å². The third-order valence-electron chi connectivity index (χ3n) is 1.96. The normalized spacial score (nSPS) is 14.9. The summed E-state index contributed by atoms with van der Waals surface area (Å²) in [6, 6.07) is 4.28. The molecule has 1 unspecified atom stereocenters. The Morgan fingerprint density at radius 2 is 1.95 bits per heavy atom. The standard InChI is InChI=1S/C10H12FNO.C2HF3O2/c1-7(12-2)10(13)8-4-3-5-9(11)6-8;3-2(4,5)1(6)7/h3-7,12H,1-2H3;(H,6,7)/i2+1D3;. The van der Waals surface area contributed by atoms with Gasteiger partial charge < -0.3 is 10.4 Å². The van der Waals surface area contributed by atoms with E-state index in [9.17, 15) is 22.4 Å². The number of rotatable bonds is 3. The predicted molar refractivity (Wildman–Crippen MR) is 62.9 cm³/mol. The van der Waals surface area contributed by atoms with Gasteiger partial charge in [0.25, 0.3) is 0 Å². The van der Waals surface area contributed by atoms with Gasteiger partial charge in [0.1, 0.15) is 5.82 Å². The van der Waals surface area contributed by atoms with Crippen LogP contribution < -0.4 is 5.32 Å². The van der Waals surface area contributed by atoms with Crippen molar-refractivity contribution in [1.82, 2.24) is 5.32 Å². The molecule has 0 spiro atoms. The van der Waals surface area contributed by atoms with Crippen molar-refractivity contribution in [3.05, 3.63) is 35.6 Å². The number of carbonyl (C=O) groups excluding carboxylic acids is 1. The second-order valence-electron chi connectivity index (χ2n) is 3.54. The highest BCUT2D eigenvalue weighted by atomic mass is 19.4. The molecule has 0 aromatic heterocycles. The zero-order valence-corrected chi connectivity index (χ0v) is 10.2. The number of benzene rings is 1. The minimum atomic E-state index is -5.08. The first-order valence-electron chi connectivity index (χ1n) is 6.61. The van der Waals surface area contributed by atoms with Gasteiger partial charge in [-0.25, -0.2) is 9.18 Å². The number of carbonyl (C=O) groups is 2. The van der Waals surface area contributed by atoms with Crippen LogP contribution in [0, 0.1) is 5.82 Å². The third-order valence-corrected chi connectivity index (χ3v) is 1.96. The van der Waals surface area contributed by atoms with Gasteiger partial charge in [-0.3, -0.25) is 4.79 Å². The zero-order valence-electron chi connectivity index (χ0n) is 13.2. The van der Waals surface area contributed by atoms with Crippen LogP contribution in [0.5, 0.6) is 0 Å². The molecule has 0 radical (unpaired) electrons. The van der Waals surface area contributed by atoms with E-state index in [1.807, 2.05) is 0 Å². The summed E-state index contributed by atoms with van der Waals surface area (Å²) in [5.41, 5.74) is 0.157. The van der Waals surface area contributed by atoms with Crippen LogP contribution in [0.25, 0.3) is 0 Å². The molecule has 0 aliphatic rings. The average Bonchev–Trinajstić information content (AvgIpc) is 2.35. The highest BCUT2D eigenvalue weighted by Crippen LogP contribution is 2.13. The summed E-state index contributed by atoms with van der Waals surface area (Å²) in [4.78, 5) is 20.6. The van der Waals surface area contributed by atoms with Crippen LogP contribution in [0.4, 0.5) is 17.6 Å². The number of carboxylic acid groups (broad SMARTS) is 1. The maximum Gasteiger partial charge on any atom is 0.490 e. The fraction of sp³-hybridized carbons (Fsp3) is 0.333. The van der Waals surface area contributed by atoms with Crippen molar-refractivity contribution in [2.24, 2.45) is 0 Å². The molecule has 1 aromatic carbocycles. The minimum Gasteiger partial charge on any atom is -0.475 e. The van der Waals surface area contributed by atoms with E-state index in [1.54, 1.807) is 0 Å². The Morgan fingerprint density at radius 1 is 1.40 bits per heavy atom. The number of ketones is 1. The number of alkyl halides is 3. The van der Waals surface area contributed by atoms with E-state index in [2.05, 4.69) is 5.32 Å². The van der Waals surface area contributed by atoms with Crippen molar-refractivity contribution in [3.8, 4) is 0 Å². The molecule has 1 rings (SSSR count). The molecule has 112 valence electrons. The Morgan fingerprint density at radius 3 is 2.35 bits per heavy atom. The van der Waals surface area contributed by atoms with Crippen LogP contribution in [0.3, 0.4) is 0 Å². The lowest BCUT2D eigenvalue weighted by molar-refractivity contribution is -0.192. The van der Waals surface area contributed by atoms with Crippen molar-refractivity contribution in [2.75, 3.05) is 6.98 Å². The van der Waals surface area contributed by atoms with Gasteiger partial charge in [0.15, 0.2) is 5.78 Å². The lowest BCUT2D eigenvalue weighted by Crippen LogP contribution is -2.30. The number of hydrogen-bond donors (Lipinski definition) is 2. The fourth-order valence-corrected chi connectivity index (χ4v) is 0.957. The zero-order chi connectivity index (χ0) is 18.4. The van der Waals surface area contributed by atoms with Crippen LogP contribution in [-0.2, 0) is 4.79 Å². The Kier molecular flexibility index (Phi) is 4.95. The largest absolute Gasteiger partial charge is 0.490 e. The third kappa shape index (κ3) is 6.28. The highest BCUT2D eigenvalue weighted by Gasteiger charge is 2.38. The van der Waals surface area contributed by atoms with Gasteiger partial charge in [0, 0.05) is 9.68 Å². The number of hydrogen-bond acceptors (Lipinski definition) is 3. The van der Waals surface area contributed by atoms with Crippen LogP contribution in [0.2, 0.25) is 0 Å². The number of aliphatic carboxylic acids is 1. The summed E-state index contributed by atoms with van der Waals surface area (Å²) in [7, 11) is 0. The van der Waals surface area contributed by atoms with E-state index in [4.69, 9.17) is 14.0 Å². The van der Waals surface area contributed by atoms with Gasteiger partial charge >= 0.3 is 12.1 Å². The first-order chi connectivity index (χ1) is 10.2. The maximum absolute atomic E-state index is 12.8. The molecule has 0 bridgehead atoms. The first kappa shape index (κ1) is 13.0. The molecule has 20 heavy (non-hydrogen) atoms. The van der Waals surface area contributed by atoms with Gasteiger partial charge in [0.05, 0.1) is 6.04 Å². The van der Waals surface area contributed by atoms with Crippen molar-refractivity contribution in [3.63, 3.8) is 0 Å². The summed E-state index contributed by atoms with van der Waals surface area (Å²) >= 11 is 0. The van der Waals surface area contributed by atoms with Crippen LogP contribution in [-0.4, -0.2) is 36.1 Å². The molecular weight excluding hydrogens is 283 g/mol. The molecule has 1 atom stereocenters. The lowest BCUT2D eigenvalue weighted by atomic mass is 10.1. The first-order valence-corrected chi connectivity index (χ1v) is 5.11. The molecule has 0 fully saturated rings. The average molecular weight is 299 g/mol. The van der Waals surface area contributed by atoms with Gasteiger partial charge in [-0.05, 0) is 26.0 Å². The minimum absolute atomic E-state index is 0.157. The predicted octanol–water partition coefficient (Wildman–Crippen LogP) is 2.25.